The Labute approximate surface area is 171 Å². The van der Waals surface area contributed by atoms with Gasteiger partial charge in [-0.3, -0.25) is 4.90 Å². The molecule has 6 nitrogen and oxygen atoms in total. The second-order valence-electron chi connectivity index (χ2n) is 6.79. The fraction of sp³-hybridized carbons (Fsp3) is 0.250. The number of fused-ring (bicyclic) bond motifs is 1. The van der Waals surface area contributed by atoms with Gasteiger partial charge in [0.25, 0.3) is 0 Å². The molecule has 0 saturated carbocycles. The van der Waals surface area contributed by atoms with Crippen molar-refractivity contribution in [2.45, 2.75) is 6.54 Å². The van der Waals surface area contributed by atoms with Crippen LogP contribution in [-0.2, 0) is 6.54 Å². The number of piperazine rings is 1. The first-order valence-corrected chi connectivity index (χ1v) is 10.4. The van der Waals surface area contributed by atoms with E-state index in [1.165, 1.54) is 0 Å². The van der Waals surface area contributed by atoms with Gasteiger partial charge in [-0.1, -0.05) is 28.9 Å². The van der Waals surface area contributed by atoms with Crippen LogP contribution in [0, 0.1) is 0 Å². The van der Waals surface area contributed by atoms with Crippen LogP contribution in [0.2, 0.25) is 5.02 Å². The molecule has 5 rings (SSSR count). The lowest BCUT2D eigenvalue weighted by Gasteiger charge is -2.35. The summed E-state index contributed by atoms with van der Waals surface area (Å²) in [6, 6.07) is 11.7. The minimum atomic E-state index is 0.716. The van der Waals surface area contributed by atoms with E-state index in [-0.39, 0.29) is 0 Å². The van der Waals surface area contributed by atoms with Crippen molar-refractivity contribution >= 4 is 39.0 Å². The predicted octanol–water partition coefficient (Wildman–Crippen LogP) is 4.32. The maximum absolute atomic E-state index is 5.95. The molecule has 1 saturated heterocycles. The fourth-order valence-electron chi connectivity index (χ4n) is 3.51. The molecule has 3 aromatic heterocycles. The summed E-state index contributed by atoms with van der Waals surface area (Å²) >= 11 is 7.61. The summed E-state index contributed by atoms with van der Waals surface area (Å²) < 4.78 is 5.55. The molecular weight excluding hydrogens is 394 g/mol. The van der Waals surface area contributed by atoms with Gasteiger partial charge in [0, 0.05) is 42.8 Å². The van der Waals surface area contributed by atoms with Crippen LogP contribution in [0.25, 0.3) is 21.5 Å². The molecule has 1 aromatic carbocycles. The molecule has 4 aromatic rings. The van der Waals surface area contributed by atoms with Gasteiger partial charge in [0.15, 0.2) is 5.76 Å². The third-order valence-corrected chi connectivity index (χ3v) is 6.06. The predicted molar refractivity (Wildman–Crippen MR) is 112 cm³/mol. The van der Waals surface area contributed by atoms with Crippen LogP contribution < -0.4 is 4.90 Å². The van der Waals surface area contributed by atoms with Gasteiger partial charge < -0.3 is 9.42 Å². The molecule has 8 heteroatoms. The summed E-state index contributed by atoms with van der Waals surface area (Å²) in [5.74, 6) is 1.91. The van der Waals surface area contributed by atoms with Crippen molar-refractivity contribution in [3.8, 4) is 11.3 Å². The van der Waals surface area contributed by atoms with E-state index >= 15 is 0 Å². The first kappa shape index (κ1) is 17.6. The summed E-state index contributed by atoms with van der Waals surface area (Å²) in [5, 5.41) is 8.13. The topological polar surface area (TPSA) is 58.3 Å². The lowest BCUT2D eigenvalue weighted by Crippen LogP contribution is -2.46. The Bertz CT molecular complexity index is 1090. The lowest BCUT2D eigenvalue weighted by molar-refractivity contribution is 0.219. The molecule has 28 heavy (non-hydrogen) atoms. The van der Waals surface area contributed by atoms with Crippen molar-refractivity contribution in [3.63, 3.8) is 0 Å². The molecule has 0 atom stereocenters. The molecule has 0 bridgehead atoms. The highest BCUT2D eigenvalue weighted by Gasteiger charge is 2.21. The van der Waals surface area contributed by atoms with Gasteiger partial charge in [-0.2, -0.15) is 0 Å². The SMILES string of the molecule is Clc1ccc(-c2cc(CN3CCN(c4ncnc5sccc45)CC3)on2)cc1. The van der Waals surface area contributed by atoms with Crippen molar-refractivity contribution in [2.75, 3.05) is 31.1 Å². The molecule has 0 amide bonds. The van der Waals surface area contributed by atoms with E-state index in [2.05, 4.69) is 36.4 Å². The Morgan fingerprint density at radius 1 is 1.04 bits per heavy atom. The van der Waals surface area contributed by atoms with Gasteiger partial charge >= 0.3 is 0 Å². The molecule has 142 valence electrons. The third kappa shape index (κ3) is 3.48. The molecule has 0 spiro atoms. The molecule has 0 unspecified atom stereocenters. The minimum absolute atomic E-state index is 0.716. The smallest absolute Gasteiger partial charge is 0.151 e. The van der Waals surface area contributed by atoms with Crippen LogP contribution in [0.15, 0.2) is 52.6 Å². The second kappa shape index (κ2) is 7.50. The lowest BCUT2D eigenvalue weighted by atomic mass is 10.1. The Morgan fingerprint density at radius 3 is 2.68 bits per heavy atom. The first-order chi connectivity index (χ1) is 13.8. The van der Waals surface area contributed by atoms with Crippen LogP contribution in [0.4, 0.5) is 5.82 Å². The van der Waals surface area contributed by atoms with Gasteiger partial charge in [-0.25, -0.2) is 9.97 Å². The van der Waals surface area contributed by atoms with E-state index in [4.69, 9.17) is 16.1 Å². The van der Waals surface area contributed by atoms with Crippen molar-refractivity contribution < 1.29 is 4.52 Å². The monoisotopic (exact) mass is 411 g/mol. The molecule has 0 aliphatic carbocycles. The Balaban J connectivity index is 1.23. The highest BCUT2D eigenvalue weighted by atomic mass is 35.5. The average Bonchev–Trinajstić information content (AvgIpc) is 3.38. The van der Waals surface area contributed by atoms with Crippen LogP contribution in [0.5, 0.6) is 0 Å². The standard InChI is InChI=1S/C20H18ClN5OS/c21-15-3-1-14(2-4-15)18-11-16(27-24-18)12-25-6-8-26(9-7-25)19-17-5-10-28-20(17)23-13-22-19/h1-5,10-11,13H,6-9,12H2. The molecule has 0 radical (unpaired) electrons. The van der Waals surface area contributed by atoms with E-state index in [9.17, 15) is 0 Å². The maximum Gasteiger partial charge on any atom is 0.151 e. The summed E-state index contributed by atoms with van der Waals surface area (Å²) in [7, 11) is 0. The number of halogens is 1. The highest BCUT2D eigenvalue weighted by Crippen LogP contribution is 2.28. The fourth-order valence-corrected chi connectivity index (χ4v) is 4.36. The number of thiophene rings is 1. The number of anilines is 1. The zero-order valence-electron chi connectivity index (χ0n) is 15.1. The zero-order chi connectivity index (χ0) is 18.9. The van der Waals surface area contributed by atoms with Gasteiger partial charge in [0.1, 0.15) is 22.7 Å². The molecule has 1 aliphatic rings. The largest absolute Gasteiger partial charge is 0.359 e. The quantitative estimate of drug-likeness (QED) is 0.498. The van der Waals surface area contributed by atoms with Gasteiger partial charge in [0.2, 0.25) is 0 Å². The van der Waals surface area contributed by atoms with Gasteiger partial charge in [-0.15, -0.1) is 11.3 Å². The Morgan fingerprint density at radius 2 is 1.86 bits per heavy atom. The third-order valence-electron chi connectivity index (χ3n) is 4.99. The molecule has 1 aliphatic heterocycles. The summed E-state index contributed by atoms with van der Waals surface area (Å²) in [4.78, 5) is 14.6. The number of aromatic nitrogens is 3. The van der Waals surface area contributed by atoms with Crippen LogP contribution in [-0.4, -0.2) is 46.2 Å². The van der Waals surface area contributed by atoms with Crippen molar-refractivity contribution in [1.82, 2.24) is 20.0 Å². The van der Waals surface area contributed by atoms with E-state index in [1.54, 1.807) is 17.7 Å². The number of nitrogens with zero attached hydrogens (tertiary/aromatic N) is 5. The molecule has 0 N–H and O–H groups in total. The van der Waals surface area contributed by atoms with E-state index in [0.717, 1.165) is 65.8 Å². The number of benzene rings is 1. The highest BCUT2D eigenvalue weighted by molar-refractivity contribution is 7.16. The minimum Gasteiger partial charge on any atom is -0.359 e. The average molecular weight is 412 g/mol. The number of hydrogen-bond donors (Lipinski definition) is 0. The number of rotatable bonds is 4. The van der Waals surface area contributed by atoms with Crippen molar-refractivity contribution in [1.29, 1.82) is 0 Å². The van der Waals surface area contributed by atoms with Crippen molar-refractivity contribution in [3.05, 3.63) is 58.9 Å². The molecular formula is C20H18ClN5OS. The summed E-state index contributed by atoms with van der Waals surface area (Å²) in [5.41, 5.74) is 1.85. The van der Waals surface area contributed by atoms with Crippen LogP contribution in [0.1, 0.15) is 5.76 Å². The number of hydrogen-bond acceptors (Lipinski definition) is 7. The van der Waals surface area contributed by atoms with Crippen molar-refractivity contribution in [2.24, 2.45) is 0 Å². The van der Waals surface area contributed by atoms with Gasteiger partial charge in [-0.05, 0) is 23.6 Å². The maximum atomic E-state index is 5.95. The summed E-state index contributed by atoms with van der Waals surface area (Å²) in [6.45, 7) is 4.52. The zero-order valence-corrected chi connectivity index (χ0v) is 16.7. The van der Waals surface area contributed by atoms with E-state index < -0.39 is 0 Å². The van der Waals surface area contributed by atoms with Gasteiger partial charge in [0.05, 0.1) is 11.9 Å². The molecule has 4 heterocycles. The van der Waals surface area contributed by atoms with Crippen LogP contribution in [0.3, 0.4) is 0 Å². The Hall–Kier alpha value is -2.48. The molecule has 1 fully saturated rings. The second-order valence-corrected chi connectivity index (χ2v) is 8.12. The van der Waals surface area contributed by atoms with Crippen LogP contribution >= 0.6 is 22.9 Å². The first-order valence-electron chi connectivity index (χ1n) is 9.13. The van der Waals surface area contributed by atoms with E-state index in [1.807, 2.05) is 30.3 Å². The Kier molecular flexibility index (Phi) is 4.72. The normalized spacial score (nSPS) is 15.4. The summed E-state index contributed by atoms with van der Waals surface area (Å²) in [6.07, 6.45) is 1.66. The van der Waals surface area contributed by atoms with E-state index in [0.29, 0.717) is 5.02 Å².